The summed E-state index contributed by atoms with van der Waals surface area (Å²) in [5.74, 6) is 0.794. The molecule has 6 heteroatoms. The first-order chi connectivity index (χ1) is 12.2. The maximum Gasteiger partial charge on any atom is 0.270 e. The van der Waals surface area contributed by atoms with Crippen LogP contribution in [0.5, 0.6) is 0 Å². The molecular weight excluding hydrogens is 316 g/mol. The number of benzene rings is 1. The van der Waals surface area contributed by atoms with Gasteiger partial charge in [-0.15, -0.1) is 0 Å². The molecule has 0 aliphatic heterocycles. The summed E-state index contributed by atoms with van der Waals surface area (Å²) in [7, 11) is 1.77. The molecule has 0 radical (unpaired) electrons. The maximum atomic E-state index is 12.4. The fraction of sp³-hybridized carbons (Fsp3) is 0.316. The van der Waals surface area contributed by atoms with E-state index in [2.05, 4.69) is 27.7 Å². The summed E-state index contributed by atoms with van der Waals surface area (Å²) >= 11 is 0. The SMILES string of the molecule is CCc1cc(-c2ccc3c(c2)CCC3NC(=O)c2ccnn2C)no1. The van der Waals surface area contributed by atoms with Gasteiger partial charge in [0.05, 0.1) is 6.04 Å². The van der Waals surface area contributed by atoms with Gasteiger partial charge in [0.1, 0.15) is 17.1 Å². The van der Waals surface area contributed by atoms with Crippen LogP contribution in [0.2, 0.25) is 0 Å². The second-order valence-corrected chi connectivity index (χ2v) is 6.35. The minimum absolute atomic E-state index is 0.0370. The summed E-state index contributed by atoms with van der Waals surface area (Å²) in [6.07, 6.45) is 4.31. The number of hydrogen-bond acceptors (Lipinski definition) is 4. The third kappa shape index (κ3) is 2.84. The Morgan fingerprint density at radius 2 is 2.24 bits per heavy atom. The van der Waals surface area contributed by atoms with E-state index in [0.29, 0.717) is 5.69 Å². The molecule has 1 aliphatic carbocycles. The van der Waals surface area contributed by atoms with Crippen molar-refractivity contribution in [2.45, 2.75) is 32.2 Å². The molecule has 0 bridgehead atoms. The van der Waals surface area contributed by atoms with Crippen LogP contribution in [0.25, 0.3) is 11.3 Å². The highest BCUT2D eigenvalue weighted by Gasteiger charge is 2.25. The van der Waals surface area contributed by atoms with Crippen LogP contribution in [0.15, 0.2) is 41.1 Å². The number of aryl methyl sites for hydroxylation is 3. The zero-order chi connectivity index (χ0) is 17.4. The predicted octanol–water partition coefficient (Wildman–Crippen LogP) is 3.05. The molecule has 6 nitrogen and oxygen atoms in total. The lowest BCUT2D eigenvalue weighted by Crippen LogP contribution is -2.28. The van der Waals surface area contributed by atoms with Crippen molar-refractivity contribution in [3.8, 4) is 11.3 Å². The molecule has 3 aromatic rings. The van der Waals surface area contributed by atoms with Crippen LogP contribution in [-0.2, 0) is 19.9 Å². The fourth-order valence-electron chi connectivity index (χ4n) is 3.37. The van der Waals surface area contributed by atoms with Crippen molar-refractivity contribution in [3.05, 3.63) is 59.1 Å². The van der Waals surface area contributed by atoms with E-state index in [-0.39, 0.29) is 11.9 Å². The third-order valence-electron chi connectivity index (χ3n) is 4.78. The molecule has 1 unspecified atom stereocenters. The van der Waals surface area contributed by atoms with E-state index < -0.39 is 0 Å². The van der Waals surface area contributed by atoms with Gasteiger partial charge in [-0.05, 0) is 36.1 Å². The van der Waals surface area contributed by atoms with Crippen LogP contribution in [-0.4, -0.2) is 20.8 Å². The van der Waals surface area contributed by atoms with Gasteiger partial charge in [-0.2, -0.15) is 5.10 Å². The molecule has 2 aromatic heterocycles. The molecule has 1 amide bonds. The van der Waals surface area contributed by atoms with Crippen molar-refractivity contribution >= 4 is 5.91 Å². The summed E-state index contributed by atoms with van der Waals surface area (Å²) in [5.41, 5.74) is 4.93. The van der Waals surface area contributed by atoms with E-state index >= 15 is 0 Å². The lowest BCUT2D eigenvalue weighted by atomic mass is 10.0. The van der Waals surface area contributed by atoms with Gasteiger partial charge >= 0.3 is 0 Å². The molecule has 0 spiro atoms. The largest absolute Gasteiger partial charge is 0.361 e. The average molecular weight is 336 g/mol. The molecule has 1 aromatic carbocycles. The van der Waals surface area contributed by atoms with Crippen molar-refractivity contribution < 1.29 is 9.32 Å². The summed E-state index contributed by atoms with van der Waals surface area (Å²) in [6.45, 7) is 2.04. The van der Waals surface area contributed by atoms with E-state index in [1.165, 1.54) is 11.1 Å². The highest BCUT2D eigenvalue weighted by Crippen LogP contribution is 2.34. The van der Waals surface area contributed by atoms with Gasteiger partial charge in [0.2, 0.25) is 0 Å². The van der Waals surface area contributed by atoms with Crippen LogP contribution >= 0.6 is 0 Å². The number of aromatic nitrogens is 3. The van der Waals surface area contributed by atoms with Crippen LogP contribution in [0.1, 0.15) is 46.8 Å². The molecule has 128 valence electrons. The molecule has 1 atom stereocenters. The summed E-state index contributed by atoms with van der Waals surface area (Å²) in [4.78, 5) is 12.4. The standard InChI is InChI=1S/C19H20N4O2/c1-3-14-11-17(22-25-14)13-4-6-15-12(10-13)5-7-16(15)21-19(24)18-8-9-20-23(18)2/h4,6,8-11,16H,3,5,7H2,1-2H3,(H,21,24). The lowest BCUT2D eigenvalue weighted by molar-refractivity contribution is 0.0927. The quantitative estimate of drug-likeness (QED) is 0.795. The number of nitrogens with zero attached hydrogens (tertiary/aromatic N) is 3. The Bertz CT molecular complexity index is 925. The Hall–Kier alpha value is -2.89. The Balaban J connectivity index is 1.55. The topological polar surface area (TPSA) is 73.0 Å². The second-order valence-electron chi connectivity index (χ2n) is 6.35. The highest BCUT2D eigenvalue weighted by atomic mass is 16.5. The van der Waals surface area contributed by atoms with Gasteiger partial charge in [-0.3, -0.25) is 9.48 Å². The van der Waals surface area contributed by atoms with Crippen LogP contribution in [0.4, 0.5) is 0 Å². The Labute approximate surface area is 145 Å². The molecule has 4 rings (SSSR count). The van der Waals surface area contributed by atoms with E-state index in [9.17, 15) is 4.79 Å². The van der Waals surface area contributed by atoms with Gasteiger partial charge in [0, 0.05) is 31.3 Å². The summed E-state index contributed by atoms with van der Waals surface area (Å²) in [6, 6.07) is 10.0. The number of carbonyl (C=O) groups excluding carboxylic acids is 1. The van der Waals surface area contributed by atoms with Crippen molar-refractivity contribution in [1.29, 1.82) is 0 Å². The van der Waals surface area contributed by atoms with Gasteiger partial charge in [0.15, 0.2) is 0 Å². The molecule has 25 heavy (non-hydrogen) atoms. The minimum atomic E-state index is -0.0917. The molecule has 0 saturated heterocycles. The van der Waals surface area contributed by atoms with Crippen LogP contribution < -0.4 is 5.32 Å². The van der Waals surface area contributed by atoms with Crippen molar-refractivity contribution in [2.24, 2.45) is 7.05 Å². The first kappa shape index (κ1) is 15.6. The van der Waals surface area contributed by atoms with E-state index in [4.69, 9.17) is 4.52 Å². The van der Waals surface area contributed by atoms with E-state index in [0.717, 1.165) is 36.3 Å². The molecule has 0 saturated carbocycles. The Morgan fingerprint density at radius 1 is 1.36 bits per heavy atom. The van der Waals surface area contributed by atoms with Crippen molar-refractivity contribution in [3.63, 3.8) is 0 Å². The Kier molecular flexibility index (Phi) is 3.87. The minimum Gasteiger partial charge on any atom is -0.361 e. The third-order valence-corrected chi connectivity index (χ3v) is 4.78. The molecule has 1 N–H and O–H groups in total. The average Bonchev–Trinajstić information content (AvgIpc) is 3.34. The second kappa shape index (κ2) is 6.20. The number of carbonyl (C=O) groups is 1. The zero-order valence-corrected chi connectivity index (χ0v) is 14.3. The number of amides is 1. The highest BCUT2D eigenvalue weighted by molar-refractivity contribution is 5.92. The van der Waals surface area contributed by atoms with Gasteiger partial charge < -0.3 is 9.84 Å². The molecule has 2 heterocycles. The molecule has 0 fully saturated rings. The van der Waals surface area contributed by atoms with E-state index in [1.54, 1.807) is 24.0 Å². The van der Waals surface area contributed by atoms with Crippen molar-refractivity contribution in [2.75, 3.05) is 0 Å². The normalized spacial score (nSPS) is 16.0. The van der Waals surface area contributed by atoms with E-state index in [1.807, 2.05) is 19.1 Å². The number of hydrogen-bond donors (Lipinski definition) is 1. The Morgan fingerprint density at radius 3 is 2.96 bits per heavy atom. The first-order valence-corrected chi connectivity index (χ1v) is 8.53. The maximum absolute atomic E-state index is 12.4. The summed E-state index contributed by atoms with van der Waals surface area (Å²) in [5, 5.41) is 11.3. The van der Waals surface area contributed by atoms with Crippen molar-refractivity contribution in [1.82, 2.24) is 20.3 Å². The van der Waals surface area contributed by atoms with Gasteiger partial charge in [-0.25, -0.2) is 0 Å². The van der Waals surface area contributed by atoms with Gasteiger partial charge in [-0.1, -0.05) is 24.2 Å². The van der Waals surface area contributed by atoms with Gasteiger partial charge in [0.25, 0.3) is 5.91 Å². The number of fused-ring (bicyclic) bond motifs is 1. The smallest absolute Gasteiger partial charge is 0.270 e. The number of nitrogens with one attached hydrogen (secondary N) is 1. The molecular formula is C19H20N4O2. The van der Waals surface area contributed by atoms with Crippen LogP contribution in [0, 0.1) is 0 Å². The monoisotopic (exact) mass is 336 g/mol. The molecule has 1 aliphatic rings. The first-order valence-electron chi connectivity index (χ1n) is 8.53. The zero-order valence-electron chi connectivity index (χ0n) is 14.3. The van der Waals surface area contributed by atoms with Crippen LogP contribution in [0.3, 0.4) is 0 Å². The fourth-order valence-corrected chi connectivity index (χ4v) is 3.37. The number of rotatable bonds is 4. The lowest BCUT2D eigenvalue weighted by Gasteiger charge is -2.14. The summed E-state index contributed by atoms with van der Waals surface area (Å²) < 4.78 is 6.89. The predicted molar refractivity (Wildman–Crippen MR) is 93.1 cm³/mol.